The largest absolute Gasteiger partial charge is 0.399 e. The molecule has 0 unspecified atom stereocenters. The number of carbonyl (C=O) groups excluding carboxylic acids is 1. The lowest BCUT2D eigenvalue weighted by Gasteiger charge is -2.17. The summed E-state index contributed by atoms with van der Waals surface area (Å²) in [5, 5.41) is 6.25. The van der Waals surface area contributed by atoms with E-state index in [-0.39, 0.29) is 5.91 Å². The van der Waals surface area contributed by atoms with E-state index in [0.29, 0.717) is 11.3 Å². The number of nitrogens with zero attached hydrogens (tertiary/aromatic N) is 2. The van der Waals surface area contributed by atoms with Crippen molar-refractivity contribution in [3.8, 4) is 0 Å². The van der Waals surface area contributed by atoms with Crippen LogP contribution in [0.25, 0.3) is 5.57 Å². The summed E-state index contributed by atoms with van der Waals surface area (Å²) in [6, 6.07) is 17.9. The van der Waals surface area contributed by atoms with Gasteiger partial charge in [0.25, 0.3) is 5.91 Å². The van der Waals surface area contributed by atoms with E-state index in [9.17, 15) is 4.79 Å². The number of nitrogens with one attached hydrogen (secondary N) is 2. The van der Waals surface area contributed by atoms with Gasteiger partial charge in [0, 0.05) is 53.8 Å². The van der Waals surface area contributed by atoms with Gasteiger partial charge in [-0.1, -0.05) is 12.1 Å². The van der Waals surface area contributed by atoms with Gasteiger partial charge < -0.3 is 21.3 Å². The topological polar surface area (TPSA) is 83.3 Å². The Morgan fingerprint density at radius 1 is 1.06 bits per heavy atom. The van der Waals surface area contributed by atoms with Gasteiger partial charge in [-0.15, -0.1) is 0 Å². The summed E-state index contributed by atoms with van der Waals surface area (Å²) in [5.41, 5.74) is 13.1. The molecule has 0 atom stereocenters. The minimum absolute atomic E-state index is 0.113. The first-order chi connectivity index (χ1) is 15.0. The van der Waals surface area contributed by atoms with Crippen molar-refractivity contribution in [2.45, 2.75) is 19.9 Å². The molecule has 1 amide bonds. The minimum Gasteiger partial charge on any atom is -0.399 e. The Morgan fingerprint density at radius 3 is 2.55 bits per heavy atom. The summed E-state index contributed by atoms with van der Waals surface area (Å²) in [6.07, 6.45) is 4.67. The van der Waals surface area contributed by atoms with Crippen LogP contribution in [-0.2, 0) is 17.8 Å². The van der Waals surface area contributed by atoms with Gasteiger partial charge in [-0.3, -0.25) is 9.78 Å². The lowest BCUT2D eigenvalue weighted by Crippen LogP contribution is -2.20. The van der Waals surface area contributed by atoms with Gasteiger partial charge in [-0.05, 0) is 74.0 Å². The molecule has 2 aromatic carbocycles. The van der Waals surface area contributed by atoms with Crippen LogP contribution in [-0.4, -0.2) is 29.4 Å². The van der Waals surface area contributed by atoms with E-state index in [1.54, 1.807) is 6.07 Å². The smallest absolute Gasteiger partial charge is 0.258 e. The predicted molar refractivity (Wildman–Crippen MR) is 126 cm³/mol. The molecule has 1 aromatic heterocycles. The first-order valence-corrected chi connectivity index (χ1v) is 10.3. The van der Waals surface area contributed by atoms with Crippen LogP contribution in [0.1, 0.15) is 23.6 Å². The number of anilines is 3. The number of hydrogen-bond acceptors (Lipinski definition) is 5. The molecule has 0 saturated carbocycles. The number of hydrogen-bond donors (Lipinski definition) is 3. The molecule has 4 rings (SSSR count). The minimum atomic E-state index is -0.113. The van der Waals surface area contributed by atoms with Crippen LogP contribution >= 0.6 is 0 Å². The van der Waals surface area contributed by atoms with E-state index in [0.717, 1.165) is 42.1 Å². The molecule has 3 aromatic rings. The maximum Gasteiger partial charge on any atom is 0.258 e. The normalized spacial score (nSPS) is 14.4. The summed E-state index contributed by atoms with van der Waals surface area (Å²) in [6.45, 7) is 3.77. The third kappa shape index (κ3) is 4.92. The van der Waals surface area contributed by atoms with Crippen molar-refractivity contribution in [2.24, 2.45) is 0 Å². The number of allylic oxidation sites excluding steroid dienone is 1. The highest BCUT2D eigenvalue weighted by molar-refractivity contribution is 6.32. The maximum atomic E-state index is 12.5. The number of rotatable bonds is 7. The summed E-state index contributed by atoms with van der Waals surface area (Å²) in [7, 11) is 2.13. The standard InChI is InChI=1S/C25H27N5O/c1-17(24-22-15-20(26)5-8-23(22)29-25(24)31)28-21-6-3-19(4-7-21)16-30(2)14-11-18-9-12-27-13-10-18/h3-10,12-13,15,28H,11,14,16,26H2,1-2H3,(H,29,31)/b24-17-. The number of amides is 1. The van der Waals surface area contributed by atoms with Crippen molar-refractivity contribution in [1.29, 1.82) is 0 Å². The number of carbonyl (C=O) groups is 1. The van der Waals surface area contributed by atoms with Crippen LogP contribution in [0.2, 0.25) is 0 Å². The van der Waals surface area contributed by atoms with Crippen molar-refractivity contribution in [2.75, 3.05) is 30.0 Å². The monoisotopic (exact) mass is 413 g/mol. The maximum absolute atomic E-state index is 12.5. The van der Waals surface area contributed by atoms with Crippen LogP contribution in [0.15, 0.2) is 72.7 Å². The number of aromatic nitrogens is 1. The van der Waals surface area contributed by atoms with Gasteiger partial charge in [-0.25, -0.2) is 0 Å². The first-order valence-electron chi connectivity index (χ1n) is 10.3. The van der Waals surface area contributed by atoms with Crippen molar-refractivity contribution < 1.29 is 4.79 Å². The van der Waals surface area contributed by atoms with Gasteiger partial charge in [0.1, 0.15) is 0 Å². The van der Waals surface area contributed by atoms with Gasteiger partial charge >= 0.3 is 0 Å². The molecule has 0 aliphatic carbocycles. The third-order valence-electron chi connectivity index (χ3n) is 5.43. The van der Waals surface area contributed by atoms with Crippen LogP contribution in [0.3, 0.4) is 0 Å². The molecule has 0 saturated heterocycles. The molecule has 31 heavy (non-hydrogen) atoms. The fraction of sp³-hybridized carbons (Fsp3) is 0.200. The van der Waals surface area contributed by atoms with E-state index in [4.69, 9.17) is 5.73 Å². The zero-order chi connectivity index (χ0) is 21.8. The van der Waals surface area contributed by atoms with Gasteiger partial charge in [0.2, 0.25) is 0 Å². The molecule has 6 heteroatoms. The SMILES string of the molecule is C/C(Nc1ccc(CN(C)CCc2ccncc2)cc1)=C1/C(=O)Nc2ccc(N)cc21. The van der Waals surface area contributed by atoms with Gasteiger partial charge in [0.15, 0.2) is 0 Å². The molecule has 158 valence electrons. The Bertz CT molecular complexity index is 1110. The van der Waals surface area contributed by atoms with Gasteiger partial charge in [-0.2, -0.15) is 0 Å². The molecular weight excluding hydrogens is 386 g/mol. The number of fused-ring (bicyclic) bond motifs is 1. The molecule has 2 heterocycles. The highest BCUT2D eigenvalue weighted by atomic mass is 16.2. The van der Waals surface area contributed by atoms with E-state index in [2.05, 4.69) is 51.8 Å². The van der Waals surface area contributed by atoms with Gasteiger partial charge in [0.05, 0.1) is 5.57 Å². The first kappa shape index (κ1) is 20.6. The lowest BCUT2D eigenvalue weighted by molar-refractivity contribution is -0.110. The Kier molecular flexibility index (Phi) is 6.00. The fourth-order valence-electron chi connectivity index (χ4n) is 3.79. The molecular formula is C25H27N5O. The second-order valence-corrected chi connectivity index (χ2v) is 7.92. The Balaban J connectivity index is 1.39. The van der Waals surface area contributed by atoms with E-state index >= 15 is 0 Å². The molecule has 0 bridgehead atoms. The highest BCUT2D eigenvalue weighted by Crippen LogP contribution is 2.35. The average Bonchev–Trinajstić information content (AvgIpc) is 3.09. The number of likely N-dealkylation sites (N-methyl/N-ethyl adjacent to an activating group) is 1. The van der Waals surface area contributed by atoms with Crippen molar-refractivity contribution in [3.63, 3.8) is 0 Å². The highest BCUT2D eigenvalue weighted by Gasteiger charge is 2.26. The predicted octanol–water partition coefficient (Wildman–Crippen LogP) is 4.13. The lowest BCUT2D eigenvalue weighted by atomic mass is 10.0. The second-order valence-electron chi connectivity index (χ2n) is 7.92. The zero-order valence-corrected chi connectivity index (χ0v) is 17.9. The number of nitrogen functional groups attached to an aromatic ring is 1. The number of nitrogens with two attached hydrogens (primary N) is 1. The Labute approximate surface area is 182 Å². The molecule has 1 aliphatic rings. The van der Waals surface area contributed by atoms with Crippen molar-refractivity contribution in [3.05, 3.63) is 89.4 Å². The summed E-state index contributed by atoms with van der Waals surface area (Å²) < 4.78 is 0. The molecule has 6 nitrogen and oxygen atoms in total. The zero-order valence-electron chi connectivity index (χ0n) is 17.9. The fourth-order valence-corrected chi connectivity index (χ4v) is 3.79. The van der Waals surface area contributed by atoms with Crippen molar-refractivity contribution >= 4 is 28.5 Å². The quantitative estimate of drug-likeness (QED) is 0.401. The molecule has 4 N–H and O–H groups in total. The summed E-state index contributed by atoms with van der Waals surface area (Å²) in [5.74, 6) is -0.113. The number of pyridine rings is 1. The summed E-state index contributed by atoms with van der Waals surface area (Å²) in [4.78, 5) is 18.8. The van der Waals surface area contributed by atoms with Crippen molar-refractivity contribution in [1.82, 2.24) is 9.88 Å². The molecule has 1 aliphatic heterocycles. The molecule has 0 radical (unpaired) electrons. The Hall–Kier alpha value is -3.64. The van der Waals surface area contributed by atoms with Crippen LogP contribution in [0, 0.1) is 0 Å². The van der Waals surface area contributed by atoms with E-state index in [1.165, 1.54) is 11.1 Å². The Morgan fingerprint density at radius 2 is 1.81 bits per heavy atom. The van der Waals surface area contributed by atoms with E-state index < -0.39 is 0 Å². The molecule has 0 fully saturated rings. The average molecular weight is 414 g/mol. The molecule has 0 spiro atoms. The van der Waals surface area contributed by atoms with Crippen LogP contribution in [0.5, 0.6) is 0 Å². The van der Waals surface area contributed by atoms with E-state index in [1.807, 2.05) is 43.6 Å². The third-order valence-corrected chi connectivity index (χ3v) is 5.43. The number of benzene rings is 2. The second kappa shape index (κ2) is 9.02. The van der Waals surface area contributed by atoms with Crippen LogP contribution < -0.4 is 16.4 Å². The van der Waals surface area contributed by atoms with Crippen LogP contribution in [0.4, 0.5) is 17.1 Å². The summed E-state index contributed by atoms with van der Waals surface area (Å²) >= 11 is 0.